The summed E-state index contributed by atoms with van der Waals surface area (Å²) in [5, 5.41) is 13.6. The zero-order chi connectivity index (χ0) is 22.4. The van der Waals surface area contributed by atoms with Crippen LogP contribution in [-0.4, -0.2) is 30.6 Å². The molecule has 3 heterocycles. The summed E-state index contributed by atoms with van der Waals surface area (Å²) in [5.41, 5.74) is 16.2. The lowest BCUT2D eigenvalue weighted by Gasteiger charge is -2.07. The molecule has 5 N–H and O–H groups in total. The van der Waals surface area contributed by atoms with Crippen molar-refractivity contribution >= 4 is 50.2 Å². The van der Waals surface area contributed by atoms with Crippen molar-refractivity contribution < 1.29 is 9.90 Å². The molecule has 32 heavy (non-hydrogen) atoms. The molecular weight excluding hydrogens is 424 g/mol. The fourth-order valence-corrected chi connectivity index (χ4v) is 4.92. The van der Waals surface area contributed by atoms with Crippen molar-refractivity contribution in [3.8, 4) is 11.4 Å². The maximum atomic E-state index is 11.5. The third kappa shape index (κ3) is 3.63. The van der Waals surface area contributed by atoms with Crippen LogP contribution in [-0.2, 0) is 17.8 Å². The number of nitrogens with two attached hydrogens (primary N) is 2. The van der Waals surface area contributed by atoms with E-state index >= 15 is 0 Å². The molecule has 0 amide bonds. The van der Waals surface area contributed by atoms with Crippen LogP contribution in [0, 0.1) is 6.92 Å². The normalized spacial score (nSPS) is 11.4. The van der Waals surface area contributed by atoms with Crippen molar-refractivity contribution in [1.82, 2.24) is 19.5 Å². The lowest BCUT2D eigenvalue weighted by Crippen LogP contribution is -2.04. The smallest absolute Gasteiger partial charge is 0.307 e. The molecule has 5 rings (SSSR count). The minimum atomic E-state index is -0.872. The van der Waals surface area contributed by atoms with Gasteiger partial charge in [0.25, 0.3) is 0 Å². The molecule has 2 aromatic carbocycles. The standard InChI is InChI=1S/C23H20N6O2S/c1-12-2-5-19-17(6-12)15(11-32-19)10-29-9-14(8-20(30)31)16-4-3-13(7-18(16)29)21-26-22(24)28-23(25)27-21/h2-7,9,11H,8,10H2,1H3,(H,30,31)(H4,24,25,26,27,28). The van der Waals surface area contributed by atoms with Crippen LogP contribution in [0.15, 0.2) is 48.0 Å². The number of aryl methyl sites for hydroxylation is 1. The molecule has 0 fully saturated rings. The van der Waals surface area contributed by atoms with Gasteiger partial charge in [-0.1, -0.05) is 29.8 Å². The van der Waals surface area contributed by atoms with Gasteiger partial charge in [-0.2, -0.15) is 15.0 Å². The number of carbonyl (C=O) groups is 1. The zero-order valence-corrected chi connectivity index (χ0v) is 18.1. The number of carboxylic acid groups (broad SMARTS) is 1. The van der Waals surface area contributed by atoms with Gasteiger partial charge < -0.3 is 21.1 Å². The lowest BCUT2D eigenvalue weighted by molar-refractivity contribution is -0.136. The van der Waals surface area contributed by atoms with Crippen molar-refractivity contribution in [2.75, 3.05) is 11.5 Å². The van der Waals surface area contributed by atoms with Gasteiger partial charge in [0.2, 0.25) is 11.9 Å². The molecule has 0 aliphatic rings. The van der Waals surface area contributed by atoms with Crippen LogP contribution in [0.1, 0.15) is 16.7 Å². The summed E-state index contributed by atoms with van der Waals surface area (Å²) in [6.45, 7) is 2.69. The Morgan fingerprint density at radius 3 is 2.56 bits per heavy atom. The molecule has 0 saturated carbocycles. The number of aliphatic carboxylic acids is 1. The Labute approximate surface area is 187 Å². The number of hydrogen-bond acceptors (Lipinski definition) is 7. The molecule has 0 aliphatic carbocycles. The van der Waals surface area contributed by atoms with Gasteiger partial charge in [-0.15, -0.1) is 11.3 Å². The first-order valence-corrected chi connectivity index (χ1v) is 10.8. The van der Waals surface area contributed by atoms with E-state index in [9.17, 15) is 9.90 Å². The van der Waals surface area contributed by atoms with Crippen LogP contribution < -0.4 is 11.5 Å². The molecule has 0 bridgehead atoms. The highest BCUT2D eigenvalue weighted by Crippen LogP contribution is 2.31. The summed E-state index contributed by atoms with van der Waals surface area (Å²) in [4.78, 5) is 23.7. The minimum Gasteiger partial charge on any atom is -0.481 e. The molecule has 0 saturated heterocycles. The second-order valence-electron chi connectivity index (χ2n) is 7.72. The average molecular weight is 445 g/mol. The lowest BCUT2D eigenvalue weighted by atomic mass is 10.1. The largest absolute Gasteiger partial charge is 0.481 e. The SMILES string of the molecule is Cc1ccc2scc(Cn3cc(CC(=O)O)c4ccc(-c5nc(N)nc(N)n5)cc43)c2c1. The van der Waals surface area contributed by atoms with E-state index in [1.54, 1.807) is 11.3 Å². The number of aromatic nitrogens is 4. The number of thiophene rings is 1. The van der Waals surface area contributed by atoms with E-state index in [4.69, 9.17) is 11.5 Å². The molecular formula is C23H20N6O2S. The number of rotatable bonds is 5. The fourth-order valence-electron chi connectivity index (χ4n) is 3.98. The highest BCUT2D eigenvalue weighted by molar-refractivity contribution is 7.17. The monoisotopic (exact) mass is 444 g/mol. The average Bonchev–Trinajstić information content (AvgIpc) is 3.28. The van der Waals surface area contributed by atoms with Gasteiger partial charge >= 0.3 is 5.97 Å². The predicted molar refractivity (Wildman–Crippen MR) is 127 cm³/mol. The molecule has 3 aromatic heterocycles. The van der Waals surface area contributed by atoms with Gasteiger partial charge in [0.1, 0.15) is 0 Å². The fraction of sp³-hybridized carbons (Fsp3) is 0.130. The number of nitrogen functional groups attached to an aromatic ring is 2. The number of fused-ring (bicyclic) bond motifs is 2. The van der Waals surface area contributed by atoms with Gasteiger partial charge in [-0.25, -0.2) is 0 Å². The Balaban J connectivity index is 1.66. The van der Waals surface area contributed by atoms with E-state index in [-0.39, 0.29) is 18.3 Å². The zero-order valence-electron chi connectivity index (χ0n) is 17.2. The van der Waals surface area contributed by atoms with E-state index in [1.807, 2.05) is 24.4 Å². The Kier molecular flexibility index (Phi) is 4.75. The van der Waals surface area contributed by atoms with E-state index in [2.05, 4.69) is 50.0 Å². The Hall–Kier alpha value is -3.98. The third-order valence-electron chi connectivity index (χ3n) is 5.38. The van der Waals surface area contributed by atoms with Crippen LogP contribution in [0.3, 0.4) is 0 Å². The summed E-state index contributed by atoms with van der Waals surface area (Å²) in [5.74, 6) is -0.395. The Bertz CT molecular complexity index is 1480. The Morgan fingerprint density at radius 1 is 1.03 bits per heavy atom. The van der Waals surface area contributed by atoms with Crippen LogP contribution in [0.5, 0.6) is 0 Å². The first-order valence-electron chi connectivity index (χ1n) is 9.95. The quantitative estimate of drug-likeness (QED) is 0.375. The van der Waals surface area contributed by atoms with Crippen LogP contribution in [0.4, 0.5) is 11.9 Å². The first kappa shape index (κ1) is 20.0. The molecule has 0 aliphatic heterocycles. The van der Waals surface area contributed by atoms with E-state index in [0.717, 1.165) is 22.0 Å². The molecule has 0 spiro atoms. The molecule has 5 aromatic rings. The van der Waals surface area contributed by atoms with Crippen LogP contribution in [0.2, 0.25) is 0 Å². The van der Waals surface area contributed by atoms with Crippen molar-refractivity contribution in [3.63, 3.8) is 0 Å². The summed E-state index contributed by atoms with van der Waals surface area (Å²) in [6.07, 6.45) is 1.86. The first-order chi connectivity index (χ1) is 15.4. The summed E-state index contributed by atoms with van der Waals surface area (Å²) in [6, 6.07) is 12.1. The maximum absolute atomic E-state index is 11.5. The van der Waals surface area contributed by atoms with Gasteiger partial charge in [0, 0.05) is 33.9 Å². The molecule has 0 atom stereocenters. The van der Waals surface area contributed by atoms with Crippen LogP contribution >= 0.6 is 11.3 Å². The second kappa shape index (κ2) is 7.61. The van der Waals surface area contributed by atoms with Gasteiger partial charge in [-0.3, -0.25) is 4.79 Å². The van der Waals surface area contributed by atoms with Crippen molar-refractivity contribution in [1.29, 1.82) is 0 Å². The van der Waals surface area contributed by atoms with E-state index in [1.165, 1.54) is 21.2 Å². The van der Waals surface area contributed by atoms with Crippen molar-refractivity contribution in [2.45, 2.75) is 19.9 Å². The number of hydrogen-bond donors (Lipinski definition) is 3. The number of anilines is 2. The molecule has 9 heteroatoms. The molecule has 8 nitrogen and oxygen atoms in total. The highest BCUT2D eigenvalue weighted by Gasteiger charge is 2.15. The number of carboxylic acids is 1. The topological polar surface area (TPSA) is 133 Å². The van der Waals surface area contributed by atoms with Crippen LogP contribution in [0.25, 0.3) is 32.4 Å². The Morgan fingerprint density at radius 2 is 1.81 bits per heavy atom. The van der Waals surface area contributed by atoms with E-state index < -0.39 is 5.97 Å². The maximum Gasteiger partial charge on any atom is 0.307 e. The molecule has 0 unspecified atom stereocenters. The van der Waals surface area contributed by atoms with E-state index in [0.29, 0.717) is 12.4 Å². The second-order valence-corrected chi connectivity index (χ2v) is 8.63. The van der Waals surface area contributed by atoms with Crippen molar-refractivity contribution in [2.24, 2.45) is 0 Å². The third-order valence-corrected chi connectivity index (χ3v) is 6.40. The molecule has 160 valence electrons. The van der Waals surface area contributed by atoms with Gasteiger partial charge in [0.15, 0.2) is 5.82 Å². The number of benzene rings is 2. The van der Waals surface area contributed by atoms with Gasteiger partial charge in [-0.05, 0) is 40.9 Å². The predicted octanol–water partition coefficient (Wildman–Crippen LogP) is 3.86. The van der Waals surface area contributed by atoms with Crippen molar-refractivity contribution in [3.05, 3.63) is 64.7 Å². The summed E-state index contributed by atoms with van der Waals surface area (Å²) < 4.78 is 3.30. The summed E-state index contributed by atoms with van der Waals surface area (Å²) in [7, 11) is 0. The molecule has 0 radical (unpaired) electrons. The minimum absolute atomic E-state index is 0.0506. The number of nitrogens with zero attached hydrogens (tertiary/aromatic N) is 4. The highest BCUT2D eigenvalue weighted by atomic mass is 32.1. The van der Waals surface area contributed by atoms with Gasteiger partial charge in [0.05, 0.1) is 6.42 Å². The summed E-state index contributed by atoms with van der Waals surface area (Å²) >= 11 is 1.71.